The van der Waals surface area contributed by atoms with Crippen molar-refractivity contribution in [2.75, 3.05) is 77.0 Å². The van der Waals surface area contributed by atoms with Gasteiger partial charge in [0, 0.05) is 58.9 Å². The van der Waals surface area contributed by atoms with E-state index in [0.29, 0.717) is 5.75 Å². The number of halogens is 1. The predicted molar refractivity (Wildman–Crippen MR) is 125 cm³/mol. The molecular formula is C20H34IN5O2. The molecule has 28 heavy (non-hydrogen) atoms. The lowest BCUT2D eigenvalue weighted by Gasteiger charge is -2.38. The molecule has 2 aliphatic rings. The fraction of sp³-hybridized carbons (Fsp3) is 0.650. The third-order valence-corrected chi connectivity index (χ3v) is 5.13. The van der Waals surface area contributed by atoms with Gasteiger partial charge in [0.25, 0.3) is 0 Å². The minimum Gasteiger partial charge on any atom is -0.506 e. The first-order chi connectivity index (χ1) is 13.3. The molecule has 1 aromatic rings. The molecule has 2 fully saturated rings. The van der Waals surface area contributed by atoms with Crippen LogP contribution in [0.25, 0.3) is 0 Å². The van der Waals surface area contributed by atoms with Crippen molar-refractivity contribution < 1.29 is 9.84 Å². The molecule has 7 nitrogen and oxygen atoms in total. The Kier molecular flexibility index (Phi) is 10.1. The average Bonchev–Trinajstić information content (AvgIpc) is 2.72. The maximum absolute atomic E-state index is 10.1. The SMILES string of the molecule is CCNC(=NCCCN1CCOCC1)N1CCN(c2ccccc2O)CC1.I. The first-order valence-corrected chi connectivity index (χ1v) is 10.1. The summed E-state index contributed by atoms with van der Waals surface area (Å²) >= 11 is 0. The summed E-state index contributed by atoms with van der Waals surface area (Å²) in [4.78, 5) is 11.9. The fourth-order valence-electron chi connectivity index (χ4n) is 3.62. The highest BCUT2D eigenvalue weighted by Gasteiger charge is 2.21. The Balaban J connectivity index is 0.00000280. The Morgan fingerprint density at radius 2 is 1.82 bits per heavy atom. The van der Waals surface area contributed by atoms with Crippen LogP contribution in [0.2, 0.25) is 0 Å². The number of piperazine rings is 1. The number of nitrogens with one attached hydrogen (secondary N) is 1. The third kappa shape index (κ3) is 6.66. The monoisotopic (exact) mass is 503 g/mol. The maximum atomic E-state index is 10.1. The van der Waals surface area contributed by atoms with Gasteiger partial charge in [-0.2, -0.15) is 0 Å². The Hall–Kier alpha value is -1.26. The van der Waals surface area contributed by atoms with Crippen molar-refractivity contribution in [1.29, 1.82) is 0 Å². The fourth-order valence-corrected chi connectivity index (χ4v) is 3.62. The molecule has 0 aliphatic carbocycles. The summed E-state index contributed by atoms with van der Waals surface area (Å²) in [6.45, 7) is 12.3. The van der Waals surface area contributed by atoms with Gasteiger partial charge in [-0.1, -0.05) is 12.1 Å². The second-order valence-electron chi connectivity index (χ2n) is 7.01. The Bertz CT molecular complexity index is 602. The number of aromatic hydroxyl groups is 1. The number of hydrogen-bond donors (Lipinski definition) is 2. The lowest BCUT2D eigenvalue weighted by molar-refractivity contribution is 0.0377. The van der Waals surface area contributed by atoms with Gasteiger partial charge in [0.05, 0.1) is 18.9 Å². The summed E-state index contributed by atoms with van der Waals surface area (Å²) in [5, 5.41) is 13.5. The Morgan fingerprint density at radius 3 is 2.50 bits per heavy atom. The number of phenolic OH excluding ortho intramolecular Hbond substituents is 1. The summed E-state index contributed by atoms with van der Waals surface area (Å²) < 4.78 is 5.40. The smallest absolute Gasteiger partial charge is 0.194 e. The normalized spacial score (nSPS) is 18.7. The molecule has 2 N–H and O–H groups in total. The van der Waals surface area contributed by atoms with E-state index in [1.165, 1.54) is 0 Å². The highest BCUT2D eigenvalue weighted by atomic mass is 127. The molecule has 0 bridgehead atoms. The van der Waals surface area contributed by atoms with Crippen molar-refractivity contribution in [3.05, 3.63) is 24.3 Å². The number of morpholine rings is 1. The lowest BCUT2D eigenvalue weighted by atomic mass is 10.2. The Morgan fingerprint density at radius 1 is 1.11 bits per heavy atom. The molecule has 0 radical (unpaired) electrons. The number of para-hydroxylation sites is 2. The van der Waals surface area contributed by atoms with E-state index >= 15 is 0 Å². The van der Waals surface area contributed by atoms with Crippen molar-refractivity contribution >= 4 is 35.6 Å². The maximum Gasteiger partial charge on any atom is 0.194 e. The van der Waals surface area contributed by atoms with Gasteiger partial charge in [-0.05, 0) is 25.5 Å². The van der Waals surface area contributed by atoms with E-state index in [4.69, 9.17) is 9.73 Å². The van der Waals surface area contributed by atoms with Crippen molar-refractivity contribution in [2.24, 2.45) is 4.99 Å². The van der Waals surface area contributed by atoms with Crippen LogP contribution in [0, 0.1) is 0 Å². The van der Waals surface area contributed by atoms with Crippen LogP contribution in [-0.2, 0) is 4.74 Å². The van der Waals surface area contributed by atoms with E-state index in [1.807, 2.05) is 18.2 Å². The number of aliphatic imine (C=N–C) groups is 1. The van der Waals surface area contributed by atoms with Crippen LogP contribution in [0.15, 0.2) is 29.3 Å². The molecule has 1 aromatic carbocycles. The van der Waals surface area contributed by atoms with Crippen LogP contribution in [0.1, 0.15) is 13.3 Å². The van der Waals surface area contributed by atoms with E-state index in [1.54, 1.807) is 6.07 Å². The van der Waals surface area contributed by atoms with Crippen LogP contribution in [0.4, 0.5) is 5.69 Å². The van der Waals surface area contributed by atoms with Crippen molar-refractivity contribution in [1.82, 2.24) is 15.1 Å². The molecule has 0 amide bonds. The first-order valence-electron chi connectivity index (χ1n) is 10.1. The van der Waals surface area contributed by atoms with Crippen LogP contribution in [-0.4, -0.2) is 93.0 Å². The van der Waals surface area contributed by atoms with Gasteiger partial charge >= 0.3 is 0 Å². The molecule has 2 heterocycles. The van der Waals surface area contributed by atoms with E-state index in [-0.39, 0.29) is 24.0 Å². The summed E-state index contributed by atoms with van der Waals surface area (Å²) in [5.74, 6) is 1.37. The molecule has 2 saturated heterocycles. The van der Waals surface area contributed by atoms with Crippen LogP contribution in [0.3, 0.4) is 0 Å². The lowest BCUT2D eigenvalue weighted by Crippen LogP contribution is -2.52. The van der Waals surface area contributed by atoms with E-state index < -0.39 is 0 Å². The van der Waals surface area contributed by atoms with Gasteiger partial charge < -0.3 is 25.0 Å². The molecule has 0 atom stereocenters. The van der Waals surface area contributed by atoms with Gasteiger partial charge in [-0.3, -0.25) is 9.89 Å². The van der Waals surface area contributed by atoms with E-state index in [0.717, 1.165) is 90.2 Å². The standard InChI is InChI=1S/C20H33N5O2.HI/c1-2-21-20(22-8-5-9-23-14-16-27-17-15-23)25-12-10-24(11-13-25)18-6-3-4-7-19(18)26;/h3-4,6-7,26H,2,5,8-17H2,1H3,(H,21,22);1H. The highest BCUT2D eigenvalue weighted by molar-refractivity contribution is 14.0. The number of hydrogen-bond acceptors (Lipinski definition) is 5. The molecule has 0 saturated carbocycles. The molecule has 2 aliphatic heterocycles. The summed E-state index contributed by atoms with van der Waals surface area (Å²) in [7, 11) is 0. The number of anilines is 1. The number of nitrogens with zero attached hydrogens (tertiary/aromatic N) is 4. The number of phenols is 1. The van der Waals surface area contributed by atoms with Crippen molar-refractivity contribution in [3.8, 4) is 5.75 Å². The van der Waals surface area contributed by atoms with Crippen molar-refractivity contribution in [2.45, 2.75) is 13.3 Å². The minimum absolute atomic E-state index is 0. The zero-order valence-electron chi connectivity index (χ0n) is 16.8. The van der Waals surface area contributed by atoms with Gasteiger partial charge in [0.2, 0.25) is 0 Å². The molecule has 0 aromatic heterocycles. The number of ether oxygens (including phenoxy) is 1. The van der Waals surface area contributed by atoms with Gasteiger partial charge in [-0.25, -0.2) is 0 Å². The van der Waals surface area contributed by atoms with E-state index in [2.05, 4.69) is 26.9 Å². The van der Waals surface area contributed by atoms with Crippen LogP contribution >= 0.6 is 24.0 Å². The summed E-state index contributed by atoms with van der Waals surface area (Å²) in [6.07, 6.45) is 1.08. The second kappa shape index (κ2) is 12.3. The zero-order valence-corrected chi connectivity index (χ0v) is 19.2. The zero-order chi connectivity index (χ0) is 18.9. The van der Waals surface area contributed by atoms with Gasteiger partial charge in [0.1, 0.15) is 5.75 Å². The molecule has 0 unspecified atom stereocenters. The topological polar surface area (TPSA) is 63.6 Å². The largest absolute Gasteiger partial charge is 0.506 e. The number of rotatable bonds is 6. The number of benzene rings is 1. The average molecular weight is 503 g/mol. The molecule has 8 heteroatoms. The quantitative estimate of drug-likeness (QED) is 0.267. The van der Waals surface area contributed by atoms with Crippen molar-refractivity contribution in [3.63, 3.8) is 0 Å². The van der Waals surface area contributed by atoms with Gasteiger partial charge in [0.15, 0.2) is 5.96 Å². The third-order valence-electron chi connectivity index (χ3n) is 5.13. The summed E-state index contributed by atoms with van der Waals surface area (Å²) in [6, 6.07) is 7.57. The minimum atomic E-state index is 0. The Labute approximate surface area is 185 Å². The number of guanidine groups is 1. The molecule has 0 spiro atoms. The first kappa shape index (κ1) is 23.0. The molecule has 158 valence electrons. The summed E-state index contributed by atoms with van der Waals surface area (Å²) in [5.41, 5.74) is 0.921. The predicted octanol–water partition coefficient (Wildman–Crippen LogP) is 1.82. The molecule has 3 rings (SSSR count). The van der Waals surface area contributed by atoms with Gasteiger partial charge in [-0.15, -0.1) is 24.0 Å². The van der Waals surface area contributed by atoms with Crippen LogP contribution < -0.4 is 10.2 Å². The highest BCUT2D eigenvalue weighted by Crippen LogP contribution is 2.27. The second-order valence-corrected chi connectivity index (χ2v) is 7.01. The van der Waals surface area contributed by atoms with Crippen LogP contribution in [0.5, 0.6) is 5.75 Å². The molecular weight excluding hydrogens is 469 g/mol. The van der Waals surface area contributed by atoms with E-state index in [9.17, 15) is 5.11 Å².